The van der Waals surface area contributed by atoms with Crippen molar-refractivity contribution in [3.05, 3.63) is 42.0 Å². The van der Waals surface area contributed by atoms with Crippen LogP contribution in [0.1, 0.15) is 38.2 Å². The number of hydrogen-bond acceptors (Lipinski definition) is 10. The molecule has 0 saturated heterocycles. The number of carboxylic acid groups (broad SMARTS) is 1. The number of carboxylic acids is 1. The molecule has 1 heterocycles. The van der Waals surface area contributed by atoms with Gasteiger partial charge in [0, 0.05) is 31.5 Å². The molecular weight excluding hydrogens is 608 g/mol. The number of ether oxygens (including phenoxy) is 1. The molecule has 0 aliphatic carbocycles. The van der Waals surface area contributed by atoms with Gasteiger partial charge >= 0.3 is 5.97 Å². The maximum Gasteiger partial charge on any atom is 0.332 e. The Hall–Kier alpha value is -5.32. The SMILES string of the molecule is C[C@@H](OCNC(=O)CNC(=O)[C@H](Cc1ccc(O)cc1)NC(=O)CNC(=O)CNC(=O)CCCCCN1C(=O)C=CC1=O)C(=O)O. The summed E-state index contributed by atoms with van der Waals surface area (Å²) >= 11 is 0. The number of hydrogen-bond donors (Lipinski definition) is 7. The minimum absolute atomic E-state index is 0.00892. The minimum atomic E-state index is -1.22. The number of aromatic hydroxyl groups is 1. The lowest BCUT2D eigenvalue weighted by Gasteiger charge is -2.19. The fourth-order valence-electron chi connectivity index (χ4n) is 3.89. The molecule has 0 saturated carbocycles. The van der Waals surface area contributed by atoms with Crippen molar-refractivity contribution in [2.45, 2.75) is 51.2 Å². The first-order valence-corrected chi connectivity index (χ1v) is 14.4. The number of imide groups is 1. The van der Waals surface area contributed by atoms with Gasteiger partial charge in [-0.3, -0.25) is 38.5 Å². The Bertz CT molecular complexity index is 1300. The van der Waals surface area contributed by atoms with Crippen LogP contribution in [-0.4, -0.2) is 107 Å². The van der Waals surface area contributed by atoms with Crippen LogP contribution < -0.4 is 26.6 Å². The van der Waals surface area contributed by atoms with Crippen LogP contribution in [0, 0.1) is 0 Å². The lowest BCUT2D eigenvalue weighted by atomic mass is 10.0. The molecule has 46 heavy (non-hydrogen) atoms. The van der Waals surface area contributed by atoms with Crippen LogP contribution in [-0.2, 0) is 49.5 Å². The van der Waals surface area contributed by atoms with Crippen molar-refractivity contribution in [1.29, 1.82) is 0 Å². The monoisotopic (exact) mass is 646 g/mol. The second-order valence-corrected chi connectivity index (χ2v) is 10.1. The van der Waals surface area contributed by atoms with Crippen LogP contribution in [0.5, 0.6) is 5.75 Å². The van der Waals surface area contributed by atoms with E-state index in [1.807, 2.05) is 0 Å². The van der Waals surface area contributed by atoms with Gasteiger partial charge in [0.05, 0.1) is 19.6 Å². The number of benzene rings is 1. The molecule has 2 atom stereocenters. The van der Waals surface area contributed by atoms with Gasteiger partial charge in [-0.25, -0.2) is 4.79 Å². The highest BCUT2D eigenvalue weighted by Crippen LogP contribution is 2.12. The van der Waals surface area contributed by atoms with Gasteiger partial charge in [-0.1, -0.05) is 18.6 Å². The molecule has 7 N–H and O–H groups in total. The summed E-state index contributed by atoms with van der Waals surface area (Å²) in [6, 6.07) is 4.67. The van der Waals surface area contributed by atoms with Gasteiger partial charge < -0.3 is 41.5 Å². The summed E-state index contributed by atoms with van der Waals surface area (Å²) in [6.07, 6.45) is 2.94. The van der Waals surface area contributed by atoms with Gasteiger partial charge in [-0.15, -0.1) is 0 Å². The largest absolute Gasteiger partial charge is 0.508 e. The normalized spacial score (nSPS) is 13.5. The Morgan fingerprint density at radius 3 is 2.02 bits per heavy atom. The van der Waals surface area contributed by atoms with Gasteiger partial charge in [0.15, 0.2) is 6.10 Å². The van der Waals surface area contributed by atoms with Crippen LogP contribution in [0.3, 0.4) is 0 Å². The fraction of sp³-hybridized carbons (Fsp3) is 0.448. The predicted molar refractivity (Wildman–Crippen MR) is 158 cm³/mol. The zero-order valence-corrected chi connectivity index (χ0v) is 25.2. The number of amides is 7. The van der Waals surface area contributed by atoms with E-state index in [2.05, 4.69) is 26.6 Å². The summed E-state index contributed by atoms with van der Waals surface area (Å²) in [4.78, 5) is 96.5. The second-order valence-electron chi connectivity index (χ2n) is 10.1. The Kier molecular flexibility index (Phi) is 15.3. The number of nitrogens with zero attached hydrogens (tertiary/aromatic N) is 1. The minimum Gasteiger partial charge on any atom is -0.508 e. The highest BCUT2D eigenvalue weighted by Gasteiger charge is 2.23. The standard InChI is InChI=1S/C29H38N6O11/c1-18(29(44)45)46-17-33-24(39)15-32-28(43)21(13-19-6-8-20(36)9-7-19)34-25(40)16-31-23(38)14-30-22(37)5-3-2-4-12-35-26(41)10-11-27(35)42/h6-11,18,21,36H,2-5,12-17H2,1H3,(H,30,37)(H,31,38)(H,32,43)(H,33,39)(H,34,40)(H,44,45)/t18-,21+/m1/s1. The van der Waals surface area contributed by atoms with Gasteiger partial charge in [0.1, 0.15) is 18.5 Å². The molecule has 7 amide bonds. The number of aliphatic carboxylic acids is 1. The molecule has 0 aromatic heterocycles. The Morgan fingerprint density at radius 1 is 0.783 bits per heavy atom. The average Bonchev–Trinajstić information content (AvgIpc) is 3.34. The van der Waals surface area contributed by atoms with Crippen LogP contribution >= 0.6 is 0 Å². The highest BCUT2D eigenvalue weighted by atomic mass is 16.5. The van der Waals surface area contributed by atoms with E-state index in [0.717, 1.165) is 4.90 Å². The molecular formula is C29H38N6O11. The third kappa shape index (κ3) is 14.0. The number of phenolic OH excluding ortho intramolecular Hbond substituents is 1. The molecule has 250 valence electrons. The molecule has 0 fully saturated rings. The topological polar surface area (TPSA) is 250 Å². The molecule has 0 radical (unpaired) electrons. The van der Waals surface area contributed by atoms with Gasteiger partial charge in [-0.05, 0) is 37.5 Å². The maximum atomic E-state index is 12.8. The molecule has 1 aromatic carbocycles. The number of phenols is 1. The van der Waals surface area contributed by atoms with E-state index in [0.29, 0.717) is 24.8 Å². The summed E-state index contributed by atoms with van der Waals surface area (Å²) in [6.45, 7) is -0.279. The summed E-state index contributed by atoms with van der Waals surface area (Å²) in [7, 11) is 0. The van der Waals surface area contributed by atoms with E-state index in [4.69, 9.17) is 9.84 Å². The van der Waals surface area contributed by atoms with Crippen molar-refractivity contribution in [1.82, 2.24) is 31.5 Å². The van der Waals surface area contributed by atoms with Crippen molar-refractivity contribution >= 4 is 47.3 Å². The molecule has 1 aliphatic heterocycles. The third-order valence-corrected chi connectivity index (χ3v) is 6.48. The Labute approximate surface area is 264 Å². The van der Waals surface area contributed by atoms with Gasteiger partial charge in [0.2, 0.25) is 29.5 Å². The molecule has 17 nitrogen and oxygen atoms in total. The molecule has 0 unspecified atom stereocenters. The average molecular weight is 647 g/mol. The summed E-state index contributed by atoms with van der Waals surface area (Å²) in [5.74, 6) is -5.15. The maximum absolute atomic E-state index is 12.8. The predicted octanol–water partition coefficient (Wildman–Crippen LogP) is -2.18. The first-order chi connectivity index (χ1) is 21.8. The van der Waals surface area contributed by atoms with E-state index >= 15 is 0 Å². The molecule has 0 bridgehead atoms. The lowest BCUT2D eigenvalue weighted by Crippen LogP contribution is -2.52. The third-order valence-electron chi connectivity index (χ3n) is 6.48. The Morgan fingerprint density at radius 2 is 1.37 bits per heavy atom. The number of rotatable bonds is 20. The van der Waals surface area contributed by atoms with Crippen molar-refractivity contribution < 1.29 is 53.3 Å². The van der Waals surface area contributed by atoms with Crippen molar-refractivity contribution in [3.8, 4) is 5.75 Å². The zero-order valence-electron chi connectivity index (χ0n) is 25.2. The van der Waals surface area contributed by atoms with E-state index in [9.17, 15) is 43.5 Å². The van der Waals surface area contributed by atoms with Crippen molar-refractivity contribution in [2.75, 3.05) is 32.9 Å². The molecule has 17 heteroatoms. The van der Waals surface area contributed by atoms with Gasteiger partial charge in [-0.2, -0.15) is 0 Å². The molecule has 2 rings (SSSR count). The summed E-state index contributed by atoms with van der Waals surface area (Å²) in [5, 5.41) is 30.2. The smallest absolute Gasteiger partial charge is 0.332 e. The summed E-state index contributed by atoms with van der Waals surface area (Å²) in [5.41, 5.74) is 0.570. The number of carbonyl (C=O) groups is 8. The van der Waals surface area contributed by atoms with Gasteiger partial charge in [0.25, 0.3) is 11.8 Å². The first kappa shape index (κ1) is 36.9. The van der Waals surface area contributed by atoms with Crippen molar-refractivity contribution in [2.24, 2.45) is 0 Å². The van der Waals surface area contributed by atoms with E-state index in [1.165, 1.54) is 43.3 Å². The summed E-state index contributed by atoms with van der Waals surface area (Å²) < 4.78 is 4.89. The fourth-order valence-corrected chi connectivity index (χ4v) is 3.89. The first-order valence-electron chi connectivity index (χ1n) is 14.4. The quantitative estimate of drug-likeness (QED) is 0.0456. The van der Waals surface area contributed by atoms with Crippen LogP contribution in [0.2, 0.25) is 0 Å². The number of carbonyl (C=O) groups excluding carboxylic acids is 7. The zero-order chi connectivity index (χ0) is 34.1. The van der Waals surface area contributed by atoms with Crippen LogP contribution in [0.25, 0.3) is 0 Å². The van der Waals surface area contributed by atoms with E-state index in [1.54, 1.807) is 0 Å². The van der Waals surface area contributed by atoms with Crippen LogP contribution in [0.15, 0.2) is 36.4 Å². The van der Waals surface area contributed by atoms with Crippen molar-refractivity contribution in [3.63, 3.8) is 0 Å². The molecule has 1 aromatic rings. The molecule has 1 aliphatic rings. The van der Waals surface area contributed by atoms with E-state index in [-0.39, 0.29) is 37.0 Å². The lowest BCUT2D eigenvalue weighted by molar-refractivity contribution is -0.150. The number of nitrogens with one attached hydrogen (secondary N) is 5. The van der Waals surface area contributed by atoms with E-state index < -0.39 is 74.0 Å². The highest BCUT2D eigenvalue weighted by molar-refractivity contribution is 6.12. The molecule has 0 spiro atoms. The second kappa shape index (κ2) is 19.1. The van der Waals surface area contributed by atoms with Crippen LogP contribution in [0.4, 0.5) is 0 Å². The number of unbranched alkanes of at least 4 members (excludes halogenated alkanes) is 2. The Balaban J connectivity index is 1.73.